The molecule has 1 aromatic rings. The zero-order valence-electron chi connectivity index (χ0n) is 14.7. The first kappa shape index (κ1) is 21.1. The van der Waals surface area contributed by atoms with Gasteiger partial charge in [0.05, 0.1) is 19.6 Å². The van der Waals surface area contributed by atoms with Crippen LogP contribution in [0, 0.1) is 0 Å². The molecule has 0 radical (unpaired) electrons. The number of amides is 4. The number of likely N-dealkylation sites (N-methyl/N-ethyl adjacent to an activating group) is 1. The van der Waals surface area contributed by atoms with E-state index in [0.717, 1.165) is 5.56 Å². The van der Waals surface area contributed by atoms with Gasteiger partial charge in [0.25, 0.3) is 0 Å². The average Bonchev–Trinajstić information content (AvgIpc) is 2.64. The fourth-order valence-corrected chi connectivity index (χ4v) is 2.10. The number of carbonyl (C=O) groups is 4. The monoisotopic (exact) mass is 363 g/mol. The summed E-state index contributed by atoms with van der Waals surface area (Å²) in [5.41, 5.74) is 6.14. The molecule has 0 spiro atoms. The molecule has 0 bridgehead atoms. The van der Waals surface area contributed by atoms with Crippen LogP contribution in [0.5, 0.6) is 0 Å². The van der Waals surface area contributed by atoms with Gasteiger partial charge in [0, 0.05) is 13.0 Å². The van der Waals surface area contributed by atoms with Crippen LogP contribution in [0.25, 0.3) is 0 Å². The summed E-state index contributed by atoms with van der Waals surface area (Å²) >= 11 is 0. The smallest absolute Gasteiger partial charge is 0.243 e. The molecule has 1 atom stereocenters. The van der Waals surface area contributed by atoms with E-state index in [9.17, 15) is 19.2 Å². The Morgan fingerprint density at radius 1 is 0.923 bits per heavy atom. The van der Waals surface area contributed by atoms with Crippen LogP contribution in [0.1, 0.15) is 12.5 Å². The highest BCUT2D eigenvalue weighted by Gasteiger charge is 2.21. The molecular formula is C17H25N5O4. The number of carbonyl (C=O) groups excluding carboxylic acids is 4. The molecule has 0 aliphatic carbocycles. The molecule has 9 nitrogen and oxygen atoms in total. The summed E-state index contributed by atoms with van der Waals surface area (Å²) in [6.07, 6.45) is 0.263. The van der Waals surface area contributed by atoms with Gasteiger partial charge in [-0.15, -0.1) is 0 Å². The van der Waals surface area contributed by atoms with Gasteiger partial charge in [-0.1, -0.05) is 30.3 Å². The summed E-state index contributed by atoms with van der Waals surface area (Å²) in [6.45, 7) is 1.52. The molecule has 9 heteroatoms. The fraction of sp³-hybridized carbons (Fsp3) is 0.412. The summed E-state index contributed by atoms with van der Waals surface area (Å²) < 4.78 is 0. The second kappa shape index (κ2) is 11.6. The molecule has 0 heterocycles. The molecule has 1 rings (SSSR count). The Balaban J connectivity index is 2.55. The van der Waals surface area contributed by atoms with E-state index in [2.05, 4.69) is 21.3 Å². The van der Waals surface area contributed by atoms with Crippen molar-refractivity contribution < 1.29 is 19.2 Å². The summed E-state index contributed by atoms with van der Waals surface area (Å²) in [5.74, 6) is -1.80. The normalized spacial score (nSPS) is 11.2. The van der Waals surface area contributed by atoms with Crippen molar-refractivity contribution in [3.63, 3.8) is 0 Å². The van der Waals surface area contributed by atoms with Gasteiger partial charge in [0.15, 0.2) is 0 Å². The Kier molecular flexibility index (Phi) is 9.40. The minimum absolute atomic E-state index is 0.167. The van der Waals surface area contributed by atoms with E-state index in [-0.39, 0.29) is 32.0 Å². The van der Waals surface area contributed by atoms with Gasteiger partial charge in [0.2, 0.25) is 23.6 Å². The number of benzene rings is 1. The lowest BCUT2D eigenvalue weighted by Crippen LogP contribution is -2.51. The van der Waals surface area contributed by atoms with Crippen LogP contribution >= 0.6 is 0 Å². The predicted octanol–water partition coefficient (Wildman–Crippen LogP) is -1.96. The summed E-state index contributed by atoms with van der Waals surface area (Å²) in [6, 6.07) is 8.29. The lowest BCUT2D eigenvalue weighted by molar-refractivity contribution is -0.130. The second-order valence-electron chi connectivity index (χ2n) is 5.46. The van der Waals surface area contributed by atoms with Crippen molar-refractivity contribution >= 4 is 23.6 Å². The third-order valence-corrected chi connectivity index (χ3v) is 3.36. The minimum Gasteiger partial charge on any atom is -0.355 e. The van der Waals surface area contributed by atoms with Gasteiger partial charge >= 0.3 is 0 Å². The van der Waals surface area contributed by atoms with Crippen LogP contribution < -0.4 is 27.0 Å². The maximum atomic E-state index is 12.3. The third kappa shape index (κ3) is 8.25. The Labute approximate surface area is 152 Å². The van der Waals surface area contributed by atoms with Crippen molar-refractivity contribution in [2.24, 2.45) is 5.73 Å². The molecular weight excluding hydrogens is 338 g/mol. The molecule has 0 aliphatic rings. The molecule has 6 N–H and O–H groups in total. The van der Waals surface area contributed by atoms with Gasteiger partial charge in [-0.2, -0.15) is 0 Å². The van der Waals surface area contributed by atoms with Crippen LogP contribution in [0.2, 0.25) is 0 Å². The van der Waals surface area contributed by atoms with Crippen molar-refractivity contribution in [1.82, 2.24) is 21.3 Å². The highest BCUT2D eigenvalue weighted by Crippen LogP contribution is 2.03. The first-order valence-corrected chi connectivity index (χ1v) is 8.30. The van der Waals surface area contributed by atoms with Crippen molar-refractivity contribution in [3.8, 4) is 0 Å². The lowest BCUT2D eigenvalue weighted by Gasteiger charge is -2.18. The van der Waals surface area contributed by atoms with Crippen LogP contribution in [0.15, 0.2) is 30.3 Å². The second-order valence-corrected chi connectivity index (χ2v) is 5.46. The molecule has 142 valence electrons. The molecule has 0 unspecified atom stereocenters. The van der Waals surface area contributed by atoms with Crippen molar-refractivity contribution in [2.45, 2.75) is 19.4 Å². The SMILES string of the molecule is CCNC(=O)CNC(=O)CNC(=O)[C@H](Cc1ccccc1)NC(=O)CN. The number of rotatable bonds is 10. The van der Waals surface area contributed by atoms with Gasteiger partial charge in [-0.3, -0.25) is 19.2 Å². The van der Waals surface area contributed by atoms with Crippen LogP contribution in [-0.4, -0.2) is 55.8 Å². The Morgan fingerprint density at radius 3 is 2.15 bits per heavy atom. The predicted molar refractivity (Wildman–Crippen MR) is 95.8 cm³/mol. The van der Waals surface area contributed by atoms with E-state index in [1.807, 2.05) is 30.3 Å². The number of hydrogen-bond acceptors (Lipinski definition) is 5. The quantitative estimate of drug-likeness (QED) is 0.328. The maximum Gasteiger partial charge on any atom is 0.243 e. The van der Waals surface area contributed by atoms with Crippen molar-refractivity contribution in [2.75, 3.05) is 26.2 Å². The Bertz CT molecular complexity index is 621. The molecule has 0 fully saturated rings. The van der Waals surface area contributed by atoms with Crippen LogP contribution in [-0.2, 0) is 25.6 Å². The number of nitrogens with two attached hydrogens (primary N) is 1. The van der Waals surface area contributed by atoms with E-state index < -0.39 is 23.8 Å². The van der Waals surface area contributed by atoms with E-state index in [4.69, 9.17) is 5.73 Å². The number of hydrogen-bond donors (Lipinski definition) is 5. The highest BCUT2D eigenvalue weighted by atomic mass is 16.2. The Morgan fingerprint density at radius 2 is 1.54 bits per heavy atom. The maximum absolute atomic E-state index is 12.3. The van der Waals surface area contributed by atoms with Gasteiger partial charge in [-0.25, -0.2) is 0 Å². The molecule has 0 saturated heterocycles. The van der Waals surface area contributed by atoms with E-state index in [1.54, 1.807) is 6.92 Å². The van der Waals surface area contributed by atoms with E-state index in [0.29, 0.717) is 6.54 Å². The van der Waals surface area contributed by atoms with E-state index >= 15 is 0 Å². The zero-order chi connectivity index (χ0) is 19.4. The first-order chi connectivity index (χ1) is 12.5. The third-order valence-electron chi connectivity index (χ3n) is 3.36. The number of nitrogens with one attached hydrogen (secondary N) is 4. The fourth-order valence-electron chi connectivity index (χ4n) is 2.10. The van der Waals surface area contributed by atoms with Crippen LogP contribution in [0.4, 0.5) is 0 Å². The molecule has 26 heavy (non-hydrogen) atoms. The summed E-state index contributed by atoms with van der Waals surface area (Å²) in [5, 5.41) is 9.91. The highest BCUT2D eigenvalue weighted by molar-refractivity contribution is 5.92. The molecule has 1 aromatic carbocycles. The van der Waals surface area contributed by atoms with Crippen LogP contribution in [0.3, 0.4) is 0 Å². The zero-order valence-corrected chi connectivity index (χ0v) is 14.7. The standard InChI is InChI=1S/C17H25N5O4/c1-2-19-15(24)10-20-16(25)11-21-17(26)13(22-14(23)9-18)8-12-6-4-3-5-7-12/h3-7,13H,2,8-11,18H2,1H3,(H,19,24)(H,20,25)(H,21,26)(H,22,23)/t13-/m0/s1. The molecule has 4 amide bonds. The Hall–Kier alpha value is -2.94. The van der Waals surface area contributed by atoms with Crippen molar-refractivity contribution in [1.29, 1.82) is 0 Å². The van der Waals surface area contributed by atoms with E-state index in [1.165, 1.54) is 0 Å². The molecule has 0 aliphatic heterocycles. The largest absolute Gasteiger partial charge is 0.355 e. The first-order valence-electron chi connectivity index (χ1n) is 8.30. The topological polar surface area (TPSA) is 142 Å². The van der Waals surface area contributed by atoms with Gasteiger partial charge in [-0.05, 0) is 12.5 Å². The van der Waals surface area contributed by atoms with Crippen molar-refractivity contribution in [3.05, 3.63) is 35.9 Å². The minimum atomic E-state index is -0.857. The van der Waals surface area contributed by atoms with Gasteiger partial charge < -0.3 is 27.0 Å². The average molecular weight is 363 g/mol. The van der Waals surface area contributed by atoms with Gasteiger partial charge in [0.1, 0.15) is 6.04 Å². The molecule has 0 saturated carbocycles. The molecule has 0 aromatic heterocycles. The lowest BCUT2D eigenvalue weighted by atomic mass is 10.1. The summed E-state index contributed by atoms with van der Waals surface area (Å²) in [4.78, 5) is 46.9. The summed E-state index contributed by atoms with van der Waals surface area (Å²) in [7, 11) is 0.